The standard InChI is InChI=1S/C21H25N3O/c25-21(18-8-10-22-11-9-18)24-15-19-13-23(14-20(19)16-24)12-4-7-17-5-2-1-3-6-17/h1-3,5-6,8-11,19-20H,4,7,12-16H2/t19-,20+. The zero-order valence-electron chi connectivity index (χ0n) is 14.6. The molecule has 0 saturated carbocycles. The van der Waals surface area contributed by atoms with Crippen LogP contribution in [0.2, 0.25) is 0 Å². The fraction of sp³-hybridized carbons (Fsp3) is 0.429. The van der Waals surface area contributed by atoms with Crippen molar-refractivity contribution in [3.63, 3.8) is 0 Å². The summed E-state index contributed by atoms with van der Waals surface area (Å²) in [6.07, 6.45) is 5.75. The summed E-state index contributed by atoms with van der Waals surface area (Å²) in [7, 11) is 0. The van der Waals surface area contributed by atoms with E-state index in [0.29, 0.717) is 11.8 Å². The molecular weight excluding hydrogens is 310 g/mol. The van der Waals surface area contributed by atoms with Crippen LogP contribution in [0.25, 0.3) is 0 Å². The van der Waals surface area contributed by atoms with Crippen LogP contribution in [-0.2, 0) is 6.42 Å². The highest BCUT2D eigenvalue weighted by Gasteiger charge is 2.41. The molecule has 2 aliphatic heterocycles. The van der Waals surface area contributed by atoms with Crippen LogP contribution in [0.15, 0.2) is 54.9 Å². The first kappa shape index (κ1) is 16.3. The van der Waals surface area contributed by atoms with E-state index >= 15 is 0 Å². The molecule has 0 N–H and O–H groups in total. The van der Waals surface area contributed by atoms with Gasteiger partial charge in [0.05, 0.1) is 0 Å². The molecule has 2 atom stereocenters. The van der Waals surface area contributed by atoms with Crippen molar-refractivity contribution >= 4 is 5.91 Å². The number of carbonyl (C=O) groups excluding carboxylic acids is 1. The molecule has 1 aromatic heterocycles. The predicted molar refractivity (Wildman–Crippen MR) is 98.3 cm³/mol. The van der Waals surface area contributed by atoms with Gasteiger partial charge >= 0.3 is 0 Å². The van der Waals surface area contributed by atoms with Gasteiger partial charge in [-0.2, -0.15) is 0 Å². The molecule has 25 heavy (non-hydrogen) atoms. The molecule has 1 aromatic carbocycles. The summed E-state index contributed by atoms with van der Waals surface area (Å²) >= 11 is 0. The number of aryl methyl sites for hydroxylation is 1. The van der Waals surface area contributed by atoms with Crippen LogP contribution in [0.1, 0.15) is 22.3 Å². The topological polar surface area (TPSA) is 36.4 Å². The van der Waals surface area contributed by atoms with Crippen LogP contribution in [0.3, 0.4) is 0 Å². The molecule has 2 fully saturated rings. The van der Waals surface area contributed by atoms with Gasteiger partial charge in [-0.25, -0.2) is 0 Å². The normalized spacial score (nSPS) is 23.0. The van der Waals surface area contributed by atoms with E-state index in [1.54, 1.807) is 12.4 Å². The van der Waals surface area contributed by atoms with Crippen LogP contribution in [0.4, 0.5) is 0 Å². The summed E-state index contributed by atoms with van der Waals surface area (Å²) < 4.78 is 0. The van der Waals surface area contributed by atoms with Crippen LogP contribution in [-0.4, -0.2) is 53.4 Å². The number of hydrogen-bond donors (Lipinski definition) is 0. The lowest BCUT2D eigenvalue weighted by molar-refractivity contribution is 0.0774. The second-order valence-electron chi connectivity index (χ2n) is 7.31. The molecule has 4 rings (SSSR count). The van der Waals surface area contributed by atoms with Gasteiger partial charge in [0.1, 0.15) is 0 Å². The number of likely N-dealkylation sites (tertiary alicyclic amines) is 2. The van der Waals surface area contributed by atoms with Gasteiger partial charge in [-0.05, 0) is 48.9 Å². The van der Waals surface area contributed by atoms with E-state index in [9.17, 15) is 4.79 Å². The number of amides is 1. The van der Waals surface area contributed by atoms with E-state index in [1.165, 1.54) is 18.5 Å². The van der Waals surface area contributed by atoms with Crippen LogP contribution >= 0.6 is 0 Å². The van der Waals surface area contributed by atoms with Gasteiger partial charge in [0.25, 0.3) is 5.91 Å². The largest absolute Gasteiger partial charge is 0.338 e. The molecule has 3 heterocycles. The Morgan fingerprint density at radius 3 is 2.32 bits per heavy atom. The highest BCUT2D eigenvalue weighted by Crippen LogP contribution is 2.31. The molecule has 130 valence electrons. The molecule has 1 amide bonds. The first-order valence-electron chi connectivity index (χ1n) is 9.25. The highest BCUT2D eigenvalue weighted by molar-refractivity contribution is 5.94. The SMILES string of the molecule is O=C(c1ccncc1)N1C[C@H]2CN(CCCc3ccccc3)C[C@H]2C1. The lowest BCUT2D eigenvalue weighted by Gasteiger charge is -2.21. The molecule has 2 aliphatic rings. The molecule has 4 nitrogen and oxygen atoms in total. The Morgan fingerprint density at radius 2 is 1.64 bits per heavy atom. The average Bonchev–Trinajstić information content (AvgIpc) is 3.21. The molecule has 0 unspecified atom stereocenters. The van der Waals surface area contributed by atoms with E-state index in [2.05, 4.69) is 40.2 Å². The second kappa shape index (κ2) is 7.36. The fourth-order valence-electron chi connectivity index (χ4n) is 4.27. The van der Waals surface area contributed by atoms with Gasteiger partial charge in [-0.15, -0.1) is 0 Å². The monoisotopic (exact) mass is 335 g/mol. The number of aromatic nitrogens is 1. The van der Waals surface area contributed by atoms with E-state index in [4.69, 9.17) is 0 Å². The molecule has 0 aliphatic carbocycles. The van der Waals surface area contributed by atoms with Crippen molar-refractivity contribution in [2.45, 2.75) is 12.8 Å². The van der Waals surface area contributed by atoms with Gasteiger partial charge in [-0.1, -0.05) is 30.3 Å². The van der Waals surface area contributed by atoms with Crippen molar-refractivity contribution in [3.8, 4) is 0 Å². The summed E-state index contributed by atoms with van der Waals surface area (Å²) in [6.45, 7) is 5.25. The Morgan fingerprint density at radius 1 is 0.960 bits per heavy atom. The number of hydrogen-bond acceptors (Lipinski definition) is 3. The third-order valence-corrected chi connectivity index (χ3v) is 5.56. The first-order valence-corrected chi connectivity index (χ1v) is 9.25. The third-order valence-electron chi connectivity index (χ3n) is 5.56. The van der Waals surface area contributed by atoms with E-state index in [-0.39, 0.29) is 5.91 Å². The maximum atomic E-state index is 12.6. The summed E-state index contributed by atoms with van der Waals surface area (Å²) in [5.41, 5.74) is 2.19. The molecular formula is C21H25N3O. The molecule has 0 bridgehead atoms. The number of fused-ring (bicyclic) bond motifs is 1. The van der Waals surface area contributed by atoms with Crippen LogP contribution < -0.4 is 0 Å². The zero-order valence-corrected chi connectivity index (χ0v) is 14.6. The van der Waals surface area contributed by atoms with E-state index in [0.717, 1.165) is 38.2 Å². The Kier molecular flexibility index (Phi) is 4.79. The third kappa shape index (κ3) is 3.74. The lowest BCUT2D eigenvalue weighted by Crippen LogP contribution is -2.33. The Balaban J connectivity index is 1.24. The van der Waals surface area contributed by atoms with Crippen molar-refractivity contribution < 1.29 is 4.79 Å². The first-order chi connectivity index (χ1) is 12.3. The van der Waals surface area contributed by atoms with E-state index < -0.39 is 0 Å². The van der Waals surface area contributed by atoms with Crippen LogP contribution in [0, 0.1) is 11.8 Å². The van der Waals surface area contributed by atoms with Gasteiger partial charge in [-0.3, -0.25) is 9.78 Å². The van der Waals surface area contributed by atoms with Crippen molar-refractivity contribution in [2.75, 3.05) is 32.7 Å². The van der Waals surface area contributed by atoms with Crippen LogP contribution in [0.5, 0.6) is 0 Å². The van der Waals surface area contributed by atoms with Crippen molar-refractivity contribution in [2.24, 2.45) is 11.8 Å². The van der Waals surface area contributed by atoms with Gasteiger partial charge in [0, 0.05) is 44.1 Å². The van der Waals surface area contributed by atoms with Gasteiger partial charge in [0.15, 0.2) is 0 Å². The van der Waals surface area contributed by atoms with E-state index in [1.807, 2.05) is 17.0 Å². The second-order valence-corrected chi connectivity index (χ2v) is 7.31. The minimum atomic E-state index is 0.160. The molecule has 0 radical (unpaired) electrons. The number of carbonyl (C=O) groups is 1. The van der Waals surface area contributed by atoms with Gasteiger partial charge < -0.3 is 9.80 Å². The minimum Gasteiger partial charge on any atom is -0.338 e. The number of rotatable bonds is 5. The summed E-state index contributed by atoms with van der Waals surface area (Å²) in [5.74, 6) is 1.44. The number of pyridine rings is 1. The molecule has 2 aromatic rings. The maximum Gasteiger partial charge on any atom is 0.253 e. The average molecular weight is 335 g/mol. The Labute approximate surface area is 149 Å². The maximum absolute atomic E-state index is 12.6. The van der Waals surface area contributed by atoms with Crippen molar-refractivity contribution in [3.05, 3.63) is 66.0 Å². The van der Waals surface area contributed by atoms with Crippen molar-refractivity contribution in [1.82, 2.24) is 14.8 Å². The molecule has 2 saturated heterocycles. The molecule has 4 heteroatoms. The zero-order chi connectivity index (χ0) is 17.1. The van der Waals surface area contributed by atoms with Gasteiger partial charge in [0.2, 0.25) is 0 Å². The highest BCUT2D eigenvalue weighted by atomic mass is 16.2. The number of nitrogens with zero attached hydrogens (tertiary/aromatic N) is 3. The predicted octanol–water partition coefficient (Wildman–Crippen LogP) is 2.72. The van der Waals surface area contributed by atoms with Crippen molar-refractivity contribution in [1.29, 1.82) is 0 Å². The summed E-state index contributed by atoms with van der Waals surface area (Å²) in [6, 6.07) is 14.3. The number of benzene rings is 1. The Hall–Kier alpha value is -2.20. The quantitative estimate of drug-likeness (QED) is 0.843. The summed E-state index contributed by atoms with van der Waals surface area (Å²) in [4.78, 5) is 21.2. The lowest BCUT2D eigenvalue weighted by atomic mass is 10.0. The molecule has 0 spiro atoms. The minimum absolute atomic E-state index is 0.160. The summed E-state index contributed by atoms with van der Waals surface area (Å²) in [5, 5.41) is 0. The smallest absolute Gasteiger partial charge is 0.253 e. The Bertz CT molecular complexity index is 690. The fourth-order valence-corrected chi connectivity index (χ4v) is 4.27.